The number of carbonyl (C=O) groups is 1. The van der Waals surface area contributed by atoms with E-state index in [4.69, 9.17) is 4.74 Å². The van der Waals surface area contributed by atoms with E-state index in [1.165, 1.54) is 0 Å². The van der Waals surface area contributed by atoms with E-state index in [1.807, 2.05) is 6.92 Å². The van der Waals surface area contributed by atoms with Gasteiger partial charge in [-0.05, 0) is 32.6 Å². The summed E-state index contributed by atoms with van der Waals surface area (Å²) in [6, 6.07) is 0.0278. The van der Waals surface area contributed by atoms with E-state index in [0.29, 0.717) is 19.8 Å². The van der Waals surface area contributed by atoms with Crippen molar-refractivity contribution in [2.45, 2.75) is 44.8 Å². The van der Waals surface area contributed by atoms with Gasteiger partial charge in [-0.2, -0.15) is 0 Å². The number of ether oxygens (including phenoxy) is 1. The van der Waals surface area contributed by atoms with Crippen LogP contribution in [0.4, 0.5) is 4.79 Å². The molecular weight excluding hydrogens is 232 g/mol. The summed E-state index contributed by atoms with van der Waals surface area (Å²) in [4.78, 5) is 11.5. The Bertz CT molecular complexity index is 273. The molecule has 1 rings (SSSR count). The molecule has 0 saturated heterocycles. The number of rotatable bonds is 6. The molecule has 0 unspecified atom stereocenters. The van der Waals surface area contributed by atoms with Crippen LogP contribution in [0.1, 0.15) is 32.6 Å². The SMILES string of the molecule is C=C(C)COCCNC(=O)NC1CCC(O)CC1. The van der Waals surface area contributed by atoms with E-state index in [9.17, 15) is 9.90 Å². The van der Waals surface area contributed by atoms with Crippen LogP contribution >= 0.6 is 0 Å². The molecule has 0 bridgehead atoms. The fourth-order valence-electron chi connectivity index (χ4n) is 1.94. The summed E-state index contributed by atoms with van der Waals surface area (Å²) in [6.07, 6.45) is 3.04. The first kappa shape index (κ1) is 15.0. The molecule has 104 valence electrons. The number of hydrogen-bond donors (Lipinski definition) is 3. The third-order valence-electron chi connectivity index (χ3n) is 2.91. The lowest BCUT2D eigenvalue weighted by Crippen LogP contribution is -2.45. The van der Waals surface area contributed by atoms with Crippen molar-refractivity contribution in [3.05, 3.63) is 12.2 Å². The summed E-state index contributed by atoms with van der Waals surface area (Å²) in [5, 5.41) is 15.0. The first-order chi connectivity index (χ1) is 8.58. The summed E-state index contributed by atoms with van der Waals surface area (Å²) in [7, 11) is 0. The Kier molecular flexibility index (Phi) is 6.75. The van der Waals surface area contributed by atoms with Crippen molar-refractivity contribution in [2.24, 2.45) is 0 Å². The van der Waals surface area contributed by atoms with Crippen LogP contribution in [0.2, 0.25) is 0 Å². The zero-order valence-electron chi connectivity index (χ0n) is 11.1. The fourth-order valence-corrected chi connectivity index (χ4v) is 1.94. The molecule has 3 N–H and O–H groups in total. The maximum Gasteiger partial charge on any atom is 0.315 e. The monoisotopic (exact) mass is 256 g/mol. The summed E-state index contributed by atoms with van der Waals surface area (Å²) in [5.74, 6) is 0. The average molecular weight is 256 g/mol. The van der Waals surface area contributed by atoms with E-state index >= 15 is 0 Å². The first-order valence-electron chi connectivity index (χ1n) is 6.52. The van der Waals surface area contributed by atoms with Gasteiger partial charge in [-0.3, -0.25) is 0 Å². The van der Waals surface area contributed by atoms with Gasteiger partial charge in [0.2, 0.25) is 0 Å². The molecule has 0 heterocycles. The predicted octanol–water partition coefficient (Wildman–Crippen LogP) is 1.18. The molecule has 1 aliphatic rings. The molecule has 0 atom stereocenters. The van der Waals surface area contributed by atoms with Crippen LogP contribution in [0.5, 0.6) is 0 Å². The van der Waals surface area contributed by atoms with Gasteiger partial charge in [-0.1, -0.05) is 12.2 Å². The number of aliphatic hydroxyl groups is 1. The largest absolute Gasteiger partial charge is 0.393 e. The Balaban J connectivity index is 2.01. The second-order valence-electron chi connectivity index (χ2n) is 4.92. The second kappa shape index (κ2) is 8.11. The van der Waals surface area contributed by atoms with Crippen molar-refractivity contribution in [1.82, 2.24) is 10.6 Å². The zero-order chi connectivity index (χ0) is 13.4. The van der Waals surface area contributed by atoms with Crippen LogP contribution < -0.4 is 10.6 Å². The van der Waals surface area contributed by atoms with Crippen molar-refractivity contribution in [3.8, 4) is 0 Å². The van der Waals surface area contributed by atoms with E-state index in [-0.39, 0.29) is 18.2 Å². The van der Waals surface area contributed by atoms with Crippen LogP contribution in [-0.4, -0.2) is 43.0 Å². The Hall–Kier alpha value is -1.07. The summed E-state index contributed by atoms with van der Waals surface area (Å²) in [5.41, 5.74) is 0.972. The molecule has 0 aliphatic heterocycles. The van der Waals surface area contributed by atoms with Gasteiger partial charge >= 0.3 is 6.03 Å². The second-order valence-corrected chi connectivity index (χ2v) is 4.92. The average Bonchev–Trinajstić information content (AvgIpc) is 2.31. The van der Waals surface area contributed by atoms with Gasteiger partial charge in [0.1, 0.15) is 0 Å². The lowest BCUT2D eigenvalue weighted by molar-refractivity contribution is 0.117. The van der Waals surface area contributed by atoms with Crippen LogP contribution in [0.3, 0.4) is 0 Å². The standard InChI is InChI=1S/C13H24N2O3/c1-10(2)9-18-8-7-14-13(17)15-11-3-5-12(16)6-4-11/h11-12,16H,1,3-9H2,2H3,(H2,14,15,17). The van der Waals surface area contributed by atoms with Gasteiger partial charge in [-0.15, -0.1) is 0 Å². The van der Waals surface area contributed by atoms with Crippen molar-refractivity contribution in [3.63, 3.8) is 0 Å². The minimum Gasteiger partial charge on any atom is -0.393 e. The van der Waals surface area contributed by atoms with Gasteiger partial charge in [0.05, 0.1) is 19.3 Å². The molecule has 1 fully saturated rings. The van der Waals surface area contributed by atoms with Gasteiger partial charge < -0.3 is 20.5 Å². The van der Waals surface area contributed by atoms with Crippen molar-refractivity contribution < 1.29 is 14.6 Å². The molecule has 0 aromatic rings. The number of urea groups is 1. The highest BCUT2D eigenvalue weighted by molar-refractivity contribution is 5.74. The molecule has 0 spiro atoms. The molecule has 0 radical (unpaired) electrons. The number of carbonyl (C=O) groups excluding carboxylic acids is 1. The van der Waals surface area contributed by atoms with E-state index < -0.39 is 0 Å². The smallest absolute Gasteiger partial charge is 0.315 e. The van der Waals surface area contributed by atoms with Gasteiger partial charge in [-0.25, -0.2) is 4.79 Å². The van der Waals surface area contributed by atoms with Crippen molar-refractivity contribution in [2.75, 3.05) is 19.8 Å². The number of nitrogens with one attached hydrogen (secondary N) is 2. The summed E-state index contributed by atoms with van der Waals surface area (Å²) in [6.45, 7) is 7.14. The fraction of sp³-hybridized carbons (Fsp3) is 0.769. The predicted molar refractivity (Wildman–Crippen MR) is 70.4 cm³/mol. The Morgan fingerprint density at radius 3 is 2.67 bits per heavy atom. The maximum atomic E-state index is 11.5. The number of hydrogen-bond acceptors (Lipinski definition) is 3. The van der Waals surface area contributed by atoms with Crippen molar-refractivity contribution >= 4 is 6.03 Å². The van der Waals surface area contributed by atoms with Crippen molar-refractivity contribution in [1.29, 1.82) is 0 Å². The highest BCUT2D eigenvalue weighted by atomic mass is 16.5. The minimum absolute atomic E-state index is 0.157. The van der Waals surface area contributed by atoms with E-state index in [2.05, 4.69) is 17.2 Å². The number of amides is 2. The molecule has 5 heteroatoms. The molecule has 0 aromatic carbocycles. The quantitative estimate of drug-likeness (QED) is 0.494. The molecule has 0 aromatic heterocycles. The minimum atomic E-state index is -0.193. The van der Waals surface area contributed by atoms with E-state index in [1.54, 1.807) is 0 Å². The lowest BCUT2D eigenvalue weighted by Gasteiger charge is -2.26. The van der Waals surface area contributed by atoms with Gasteiger partial charge in [0, 0.05) is 12.6 Å². The zero-order valence-corrected chi connectivity index (χ0v) is 11.1. The van der Waals surface area contributed by atoms with Crippen LogP contribution in [-0.2, 0) is 4.74 Å². The Labute approximate surface area is 109 Å². The third-order valence-corrected chi connectivity index (χ3v) is 2.91. The topological polar surface area (TPSA) is 70.6 Å². The molecule has 5 nitrogen and oxygen atoms in total. The molecule has 1 aliphatic carbocycles. The van der Waals surface area contributed by atoms with E-state index in [0.717, 1.165) is 31.3 Å². The van der Waals surface area contributed by atoms with Gasteiger partial charge in [0.15, 0.2) is 0 Å². The Morgan fingerprint density at radius 2 is 2.06 bits per heavy atom. The normalized spacial score (nSPS) is 23.4. The van der Waals surface area contributed by atoms with Crippen LogP contribution in [0, 0.1) is 0 Å². The summed E-state index contributed by atoms with van der Waals surface area (Å²) >= 11 is 0. The highest BCUT2D eigenvalue weighted by Crippen LogP contribution is 2.17. The molecule has 2 amide bonds. The first-order valence-corrected chi connectivity index (χ1v) is 6.52. The Morgan fingerprint density at radius 1 is 1.39 bits per heavy atom. The molecule has 18 heavy (non-hydrogen) atoms. The molecule has 1 saturated carbocycles. The summed E-state index contributed by atoms with van der Waals surface area (Å²) < 4.78 is 5.27. The highest BCUT2D eigenvalue weighted by Gasteiger charge is 2.20. The van der Waals surface area contributed by atoms with Crippen LogP contribution in [0.15, 0.2) is 12.2 Å². The van der Waals surface area contributed by atoms with Crippen LogP contribution in [0.25, 0.3) is 0 Å². The molecular formula is C13H24N2O3. The third kappa shape index (κ3) is 6.61. The number of aliphatic hydroxyl groups excluding tert-OH is 1. The lowest BCUT2D eigenvalue weighted by atomic mass is 9.93. The van der Waals surface area contributed by atoms with Gasteiger partial charge in [0.25, 0.3) is 0 Å². The maximum absolute atomic E-state index is 11.5.